The van der Waals surface area contributed by atoms with E-state index in [1.807, 2.05) is 61.5 Å². The molecule has 1 aliphatic rings. The van der Waals surface area contributed by atoms with Crippen LogP contribution in [-0.2, 0) is 16.1 Å². The number of benzene rings is 3. The third-order valence-corrected chi connectivity index (χ3v) is 5.65. The summed E-state index contributed by atoms with van der Waals surface area (Å²) in [5.41, 5.74) is 3.90. The molecule has 4 rings (SSSR count). The van der Waals surface area contributed by atoms with E-state index in [-0.39, 0.29) is 11.8 Å². The van der Waals surface area contributed by atoms with Gasteiger partial charge in [0, 0.05) is 30.4 Å². The summed E-state index contributed by atoms with van der Waals surface area (Å²) in [6, 6.07) is 22.9. The summed E-state index contributed by atoms with van der Waals surface area (Å²) in [5, 5.41) is 2.89. The van der Waals surface area contributed by atoms with Gasteiger partial charge in [-0.05, 0) is 54.0 Å². The highest BCUT2D eigenvalue weighted by Gasteiger charge is 2.21. The average molecular weight is 457 g/mol. The number of nitrogens with one attached hydrogen (secondary N) is 1. The molecular weight excluding hydrogens is 428 g/mol. The molecule has 0 radical (unpaired) electrons. The van der Waals surface area contributed by atoms with Crippen LogP contribution < -0.4 is 10.1 Å². The maximum atomic E-state index is 12.9. The van der Waals surface area contributed by atoms with E-state index in [4.69, 9.17) is 9.47 Å². The van der Waals surface area contributed by atoms with Crippen molar-refractivity contribution in [3.05, 3.63) is 101 Å². The normalized spacial score (nSPS) is 13.6. The highest BCUT2D eigenvalue weighted by molar-refractivity contribution is 6.04. The Balaban J connectivity index is 1.38. The smallest absolute Gasteiger partial charge is 0.254 e. The van der Waals surface area contributed by atoms with Gasteiger partial charge in [-0.2, -0.15) is 0 Å². The number of hydrogen-bond acceptors (Lipinski definition) is 4. The fourth-order valence-electron chi connectivity index (χ4n) is 3.73. The summed E-state index contributed by atoms with van der Waals surface area (Å²) in [7, 11) is 0. The molecule has 0 bridgehead atoms. The van der Waals surface area contributed by atoms with Crippen molar-refractivity contribution in [1.29, 1.82) is 0 Å². The molecule has 1 N–H and O–H groups in total. The van der Waals surface area contributed by atoms with Crippen LogP contribution in [0.25, 0.3) is 6.08 Å². The first kappa shape index (κ1) is 23.3. The summed E-state index contributed by atoms with van der Waals surface area (Å²) < 4.78 is 11.2. The zero-order chi connectivity index (χ0) is 23.8. The van der Waals surface area contributed by atoms with Crippen LogP contribution in [0, 0.1) is 6.92 Å². The fourth-order valence-corrected chi connectivity index (χ4v) is 3.73. The molecule has 0 saturated carbocycles. The monoisotopic (exact) mass is 456 g/mol. The molecule has 6 heteroatoms. The van der Waals surface area contributed by atoms with Gasteiger partial charge in [-0.3, -0.25) is 9.59 Å². The molecule has 1 aliphatic heterocycles. The summed E-state index contributed by atoms with van der Waals surface area (Å²) in [5.74, 6) is 0.422. The molecular formula is C28H28N2O4. The molecule has 3 aromatic rings. The molecule has 0 atom stereocenters. The quantitative estimate of drug-likeness (QED) is 0.524. The van der Waals surface area contributed by atoms with Gasteiger partial charge in [-0.15, -0.1) is 0 Å². The molecule has 0 aromatic heterocycles. The lowest BCUT2D eigenvalue weighted by molar-refractivity contribution is -0.111. The third-order valence-electron chi connectivity index (χ3n) is 5.65. The van der Waals surface area contributed by atoms with Crippen LogP contribution in [0.3, 0.4) is 0 Å². The van der Waals surface area contributed by atoms with Gasteiger partial charge in [0.25, 0.3) is 5.91 Å². The van der Waals surface area contributed by atoms with Gasteiger partial charge in [0.05, 0.1) is 13.2 Å². The lowest BCUT2D eigenvalue weighted by atomic mass is 10.0. The maximum absolute atomic E-state index is 12.9. The first-order valence-electron chi connectivity index (χ1n) is 11.3. The number of amides is 2. The van der Waals surface area contributed by atoms with Gasteiger partial charge in [0.15, 0.2) is 0 Å². The fraction of sp³-hybridized carbons (Fsp3) is 0.214. The Morgan fingerprint density at radius 1 is 1.00 bits per heavy atom. The number of morpholine rings is 1. The van der Waals surface area contributed by atoms with Crippen LogP contribution in [0.4, 0.5) is 5.69 Å². The standard InChI is InChI=1S/C28H28N2O4/c1-21-25(28(32)30-15-17-33-18-16-30)11-6-12-26(21)29-27(31)14-13-22-9-5-10-24(19-22)34-20-23-7-3-2-4-8-23/h2-14,19H,15-18,20H2,1H3,(H,29,31)/b14-13+. The molecule has 34 heavy (non-hydrogen) atoms. The van der Waals surface area contributed by atoms with Gasteiger partial charge >= 0.3 is 0 Å². The van der Waals surface area contributed by atoms with Crippen LogP contribution in [0.5, 0.6) is 5.75 Å². The first-order valence-corrected chi connectivity index (χ1v) is 11.3. The van der Waals surface area contributed by atoms with Gasteiger partial charge in [-0.25, -0.2) is 0 Å². The van der Waals surface area contributed by atoms with Crippen LogP contribution in [0.15, 0.2) is 78.9 Å². The average Bonchev–Trinajstić information content (AvgIpc) is 2.88. The zero-order valence-electron chi connectivity index (χ0n) is 19.2. The predicted molar refractivity (Wildman–Crippen MR) is 133 cm³/mol. The van der Waals surface area contributed by atoms with E-state index in [0.717, 1.165) is 22.4 Å². The Morgan fingerprint density at radius 2 is 1.76 bits per heavy atom. The minimum Gasteiger partial charge on any atom is -0.489 e. The van der Waals surface area contributed by atoms with Crippen molar-refractivity contribution in [3.63, 3.8) is 0 Å². The van der Waals surface area contributed by atoms with E-state index < -0.39 is 0 Å². The zero-order valence-corrected chi connectivity index (χ0v) is 19.2. The van der Waals surface area contributed by atoms with E-state index in [1.165, 1.54) is 6.08 Å². The lowest BCUT2D eigenvalue weighted by Gasteiger charge is -2.27. The van der Waals surface area contributed by atoms with Crippen LogP contribution in [-0.4, -0.2) is 43.0 Å². The number of rotatable bonds is 7. The van der Waals surface area contributed by atoms with Gasteiger partial charge in [-0.1, -0.05) is 48.5 Å². The van der Waals surface area contributed by atoms with Crippen molar-refractivity contribution in [2.45, 2.75) is 13.5 Å². The van der Waals surface area contributed by atoms with Crippen molar-refractivity contribution < 1.29 is 19.1 Å². The van der Waals surface area contributed by atoms with Crippen LogP contribution in [0.1, 0.15) is 27.0 Å². The van der Waals surface area contributed by atoms with Gasteiger partial charge < -0.3 is 19.7 Å². The summed E-state index contributed by atoms with van der Waals surface area (Å²) in [4.78, 5) is 27.2. The molecule has 1 heterocycles. The van der Waals surface area contributed by atoms with Crippen molar-refractivity contribution in [2.24, 2.45) is 0 Å². The van der Waals surface area contributed by atoms with Crippen molar-refractivity contribution in [1.82, 2.24) is 4.90 Å². The molecule has 0 aliphatic carbocycles. The molecule has 0 spiro atoms. The highest BCUT2D eigenvalue weighted by atomic mass is 16.5. The van der Waals surface area contributed by atoms with E-state index in [2.05, 4.69) is 5.32 Å². The van der Waals surface area contributed by atoms with Crippen molar-refractivity contribution in [3.8, 4) is 5.75 Å². The molecule has 174 valence electrons. The highest BCUT2D eigenvalue weighted by Crippen LogP contribution is 2.21. The third kappa shape index (κ3) is 6.11. The first-order chi connectivity index (χ1) is 16.6. The molecule has 6 nitrogen and oxygen atoms in total. The van der Waals surface area contributed by atoms with E-state index in [1.54, 1.807) is 29.2 Å². The Bertz CT molecular complexity index is 1170. The topological polar surface area (TPSA) is 67.9 Å². The molecule has 3 aromatic carbocycles. The van der Waals surface area contributed by atoms with E-state index in [9.17, 15) is 9.59 Å². The number of nitrogens with zero attached hydrogens (tertiary/aromatic N) is 1. The second-order valence-electron chi connectivity index (χ2n) is 8.05. The van der Waals surface area contributed by atoms with E-state index in [0.29, 0.717) is 44.2 Å². The molecule has 1 fully saturated rings. The van der Waals surface area contributed by atoms with E-state index >= 15 is 0 Å². The molecule has 2 amide bonds. The number of ether oxygens (including phenoxy) is 2. The molecule has 0 unspecified atom stereocenters. The number of hydrogen-bond donors (Lipinski definition) is 1. The Labute approximate surface area is 199 Å². The second kappa shape index (κ2) is 11.3. The van der Waals surface area contributed by atoms with Gasteiger partial charge in [0.2, 0.25) is 5.91 Å². The minimum atomic E-state index is -0.269. The van der Waals surface area contributed by atoms with Gasteiger partial charge in [0.1, 0.15) is 12.4 Å². The summed E-state index contributed by atoms with van der Waals surface area (Å²) in [6.45, 7) is 4.57. The number of anilines is 1. The minimum absolute atomic E-state index is 0.0419. The number of carbonyl (C=O) groups is 2. The largest absolute Gasteiger partial charge is 0.489 e. The maximum Gasteiger partial charge on any atom is 0.254 e. The predicted octanol–water partition coefficient (Wildman–Crippen LogP) is 4.70. The second-order valence-corrected chi connectivity index (χ2v) is 8.05. The molecule has 1 saturated heterocycles. The summed E-state index contributed by atoms with van der Waals surface area (Å²) >= 11 is 0. The SMILES string of the molecule is Cc1c(NC(=O)/C=C/c2cccc(OCc3ccccc3)c2)cccc1C(=O)N1CCOCC1. The van der Waals surface area contributed by atoms with Crippen LogP contribution >= 0.6 is 0 Å². The number of carbonyl (C=O) groups excluding carboxylic acids is 2. The van der Waals surface area contributed by atoms with Crippen molar-refractivity contribution in [2.75, 3.05) is 31.6 Å². The Hall–Kier alpha value is -3.90. The Morgan fingerprint density at radius 3 is 2.56 bits per heavy atom. The lowest BCUT2D eigenvalue weighted by Crippen LogP contribution is -2.41. The Kier molecular flexibility index (Phi) is 7.73. The summed E-state index contributed by atoms with van der Waals surface area (Å²) in [6.07, 6.45) is 3.22. The van der Waals surface area contributed by atoms with Crippen LogP contribution in [0.2, 0.25) is 0 Å². The van der Waals surface area contributed by atoms with Crippen molar-refractivity contribution >= 4 is 23.6 Å².